The highest BCUT2D eigenvalue weighted by Gasteiger charge is 2.09. The van der Waals surface area contributed by atoms with E-state index in [0.29, 0.717) is 5.92 Å². The molecule has 16 heavy (non-hydrogen) atoms. The Morgan fingerprint density at radius 2 is 1.94 bits per heavy atom. The van der Waals surface area contributed by atoms with Crippen molar-refractivity contribution >= 4 is 0 Å². The minimum absolute atomic E-state index is 0.0823. The molecule has 1 unspecified atom stereocenters. The highest BCUT2D eigenvalue weighted by molar-refractivity contribution is 5.27. The van der Waals surface area contributed by atoms with Gasteiger partial charge < -0.3 is 5.32 Å². The van der Waals surface area contributed by atoms with Gasteiger partial charge in [0.2, 0.25) is 0 Å². The van der Waals surface area contributed by atoms with Gasteiger partial charge in [0.1, 0.15) is 5.82 Å². The van der Waals surface area contributed by atoms with Crippen molar-refractivity contribution in [3.8, 4) is 0 Å². The molecule has 1 aromatic rings. The highest BCUT2D eigenvalue weighted by Crippen LogP contribution is 2.19. The number of halogens is 1. The third-order valence-corrected chi connectivity index (χ3v) is 2.71. The number of nitrogens with one attached hydrogen (secondary N) is 1. The fourth-order valence-corrected chi connectivity index (χ4v) is 1.88. The maximum atomic E-state index is 13.6. The van der Waals surface area contributed by atoms with Crippen molar-refractivity contribution in [2.24, 2.45) is 5.92 Å². The van der Waals surface area contributed by atoms with Crippen LogP contribution in [-0.4, -0.2) is 6.54 Å². The maximum absolute atomic E-state index is 13.6. The smallest absolute Gasteiger partial charge is 0.126 e. The van der Waals surface area contributed by atoms with Crippen LogP contribution in [0.5, 0.6) is 0 Å². The summed E-state index contributed by atoms with van der Waals surface area (Å²) < 4.78 is 13.6. The van der Waals surface area contributed by atoms with Gasteiger partial charge in [-0.15, -0.1) is 0 Å². The van der Waals surface area contributed by atoms with Crippen LogP contribution in [0.1, 0.15) is 44.9 Å². The minimum Gasteiger partial charge on any atom is -0.310 e. The number of hydrogen-bond acceptors (Lipinski definition) is 1. The third kappa shape index (κ3) is 3.60. The number of benzene rings is 1. The fraction of sp³-hybridized carbons (Fsp3) is 0.571. The first-order valence-corrected chi connectivity index (χ1v) is 6.06. The molecular weight excluding hydrogens is 201 g/mol. The molecule has 0 aliphatic carbocycles. The first kappa shape index (κ1) is 13.2. The summed E-state index contributed by atoms with van der Waals surface area (Å²) in [6, 6.07) is 5.73. The van der Waals surface area contributed by atoms with E-state index < -0.39 is 0 Å². The van der Waals surface area contributed by atoms with Gasteiger partial charge in [-0.25, -0.2) is 4.39 Å². The fourth-order valence-electron chi connectivity index (χ4n) is 1.88. The van der Waals surface area contributed by atoms with E-state index in [0.717, 1.165) is 18.5 Å². The molecule has 0 radical (unpaired) electrons. The second-order valence-corrected chi connectivity index (χ2v) is 4.73. The minimum atomic E-state index is -0.0823. The van der Waals surface area contributed by atoms with Gasteiger partial charge in [-0.3, -0.25) is 0 Å². The average molecular weight is 223 g/mol. The van der Waals surface area contributed by atoms with Crippen molar-refractivity contribution in [1.82, 2.24) is 5.32 Å². The summed E-state index contributed by atoms with van der Waals surface area (Å²) in [5.74, 6) is 0.403. The van der Waals surface area contributed by atoms with E-state index in [1.54, 1.807) is 6.07 Å². The molecule has 1 atom stereocenters. The zero-order valence-electron chi connectivity index (χ0n) is 10.7. The SMILES string of the molecule is CCNC(C)c1ccc(F)c(CC(C)C)c1. The van der Waals surface area contributed by atoms with Crippen LogP contribution in [0.25, 0.3) is 0 Å². The van der Waals surface area contributed by atoms with E-state index in [1.807, 2.05) is 12.1 Å². The first-order valence-electron chi connectivity index (χ1n) is 6.06. The molecule has 1 N–H and O–H groups in total. The molecule has 0 aliphatic heterocycles. The normalized spacial score (nSPS) is 13.1. The molecule has 90 valence electrons. The summed E-state index contributed by atoms with van der Waals surface area (Å²) in [4.78, 5) is 0. The number of rotatable bonds is 5. The Labute approximate surface area is 98.1 Å². The number of hydrogen-bond donors (Lipinski definition) is 1. The standard InChI is InChI=1S/C14H22FN/c1-5-16-11(4)12-6-7-14(15)13(9-12)8-10(2)3/h6-7,9-11,16H,5,8H2,1-4H3. The molecule has 0 saturated heterocycles. The van der Waals surface area contributed by atoms with Crippen molar-refractivity contribution < 1.29 is 4.39 Å². The second kappa shape index (κ2) is 6.00. The lowest BCUT2D eigenvalue weighted by atomic mass is 9.98. The Hall–Kier alpha value is -0.890. The summed E-state index contributed by atoms with van der Waals surface area (Å²) >= 11 is 0. The molecular formula is C14H22FN. The zero-order valence-corrected chi connectivity index (χ0v) is 10.7. The van der Waals surface area contributed by atoms with E-state index in [1.165, 1.54) is 5.56 Å². The molecule has 0 fully saturated rings. The molecule has 0 aromatic heterocycles. The van der Waals surface area contributed by atoms with Crippen LogP contribution < -0.4 is 5.32 Å². The Bertz CT molecular complexity index is 334. The average Bonchev–Trinajstić information content (AvgIpc) is 2.21. The van der Waals surface area contributed by atoms with Gasteiger partial charge in [0.25, 0.3) is 0 Å². The van der Waals surface area contributed by atoms with Crippen molar-refractivity contribution in [3.05, 3.63) is 35.1 Å². The predicted molar refractivity (Wildman–Crippen MR) is 67.0 cm³/mol. The Morgan fingerprint density at radius 1 is 1.25 bits per heavy atom. The summed E-state index contributed by atoms with van der Waals surface area (Å²) in [6.07, 6.45) is 0.804. The molecule has 0 bridgehead atoms. The van der Waals surface area contributed by atoms with Crippen molar-refractivity contribution in [2.45, 2.75) is 40.2 Å². The molecule has 1 rings (SSSR count). The maximum Gasteiger partial charge on any atom is 0.126 e. The van der Waals surface area contributed by atoms with Crippen molar-refractivity contribution in [2.75, 3.05) is 6.54 Å². The van der Waals surface area contributed by atoms with Crippen molar-refractivity contribution in [1.29, 1.82) is 0 Å². The quantitative estimate of drug-likeness (QED) is 0.802. The zero-order chi connectivity index (χ0) is 12.1. The van der Waals surface area contributed by atoms with Gasteiger partial charge in [0.15, 0.2) is 0 Å². The van der Waals surface area contributed by atoms with Crippen LogP contribution in [0.4, 0.5) is 4.39 Å². The lowest BCUT2D eigenvalue weighted by Crippen LogP contribution is -2.18. The van der Waals surface area contributed by atoms with Crippen LogP contribution in [0.2, 0.25) is 0 Å². The van der Waals surface area contributed by atoms with Gasteiger partial charge in [0.05, 0.1) is 0 Å². The van der Waals surface area contributed by atoms with E-state index >= 15 is 0 Å². The lowest BCUT2D eigenvalue weighted by Gasteiger charge is -2.15. The molecule has 0 saturated carbocycles. The second-order valence-electron chi connectivity index (χ2n) is 4.73. The Balaban J connectivity index is 2.88. The van der Waals surface area contributed by atoms with E-state index in [-0.39, 0.29) is 11.9 Å². The molecule has 0 amide bonds. The largest absolute Gasteiger partial charge is 0.310 e. The summed E-state index contributed by atoms with van der Waals surface area (Å²) in [6.45, 7) is 9.34. The van der Waals surface area contributed by atoms with E-state index in [4.69, 9.17) is 0 Å². The van der Waals surface area contributed by atoms with Gasteiger partial charge >= 0.3 is 0 Å². The van der Waals surface area contributed by atoms with E-state index in [9.17, 15) is 4.39 Å². The Kier molecular flexibility index (Phi) is 4.94. The van der Waals surface area contributed by atoms with Crippen LogP contribution in [-0.2, 0) is 6.42 Å². The van der Waals surface area contributed by atoms with E-state index in [2.05, 4.69) is 33.0 Å². The van der Waals surface area contributed by atoms with Crippen LogP contribution >= 0.6 is 0 Å². The molecule has 0 spiro atoms. The monoisotopic (exact) mass is 223 g/mol. The highest BCUT2D eigenvalue weighted by atomic mass is 19.1. The van der Waals surface area contributed by atoms with Gasteiger partial charge in [-0.1, -0.05) is 32.9 Å². The van der Waals surface area contributed by atoms with Crippen LogP contribution in [0.15, 0.2) is 18.2 Å². The van der Waals surface area contributed by atoms with Gasteiger partial charge in [0, 0.05) is 6.04 Å². The van der Waals surface area contributed by atoms with Crippen LogP contribution in [0, 0.1) is 11.7 Å². The summed E-state index contributed by atoms with van der Waals surface area (Å²) in [7, 11) is 0. The summed E-state index contributed by atoms with van der Waals surface area (Å²) in [5, 5.41) is 3.34. The molecule has 2 heteroatoms. The van der Waals surface area contributed by atoms with Crippen LogP contribution in [0.3, 0.4) is 0 Å². The summed E-state index contributed by atoms with van der Waals surface area (Å²) in [5.41, 5.74) is 2.00. The predicted octanol–water partition coefficient (Wildman–Crippen LogP) is 3.69. The van der Waals surface area contributed by atoms with Gasteiger partial charge in [-0.05, 0) is 43.0 Å². The molecule has 1 aromatic carbocycles. The topological polar surface area (TPSA) is 12.0 Å². The third-order valence-electron chi connectivity index (χ3n) is 2.71. The van der Waals surface area contributed by atoms with Crippen molar-refractivity contribution in [3.63, 3.8) is 0 Å². The van der Waals surface area contributed by atoms with Gasteiger partial charge in [-0.2, -0.15) is 0 Å². The lowest BCUT2D eigenvalue weighted by molar-refractivity contribution is 0.563. The molecule has 0 aliphatic rings. The molecule has 1 nitrogen and oxygen atoms in total. The molecule has 0 heterocycles. The first-order chi connectivity index (χ1) is 7.54. The Morgan fingerprint density at radius 3 is 2.50 bits per heavy atom.